The first kappa shape index (κ1) is 52.0. The van der Waals surface area contributed by atoms with Gasteiger partial charge in [0.05, 0.1) is 144 Å². The molecule has 328 valence electrons. The normalized spacial score (nSPS) is 11.4. The lowest BCUT2D eigenvalue weighted by Crippen LogP contribution is -2.15. The molecule has 0 radical (unpaired) electrons. The van der Waals surface area contributed by atoms with E-state index in [9.17, 15) is 10.1 Å². The summed E-state index contributed by atoms with van der Waals surface area (Å²) in [5.74, 6) is 0.558. The Morgan fingerprint density at radius 3 is 0.893 bits per heavy atom. The molecule has 15 heteroatoms. The minimum absolute atomic E-state index is 0.0269. The molecular weight excluding hydrogens is 730 g/mol. The van der Waals surface area contributed by atoms with Gasteiger partial charge < -0.3 is 56.8 Å². The fraction of sp³-hybridized carbons (Fsp3) is 0.854. The minimum Gasteiger partial charge on any atom is -0.491 e. The van der Waals surface area contributed by atoms with Gasteiger partial charge >= 0.3 is 0 Å². The average Bonchev–Trinajstić information content (AvgIpc) is 3.21. The molecular formula is C41H75NO14. The lowest BCUT2D eigenvalue weighted by molar-refractivity contribution is -0.384. The lowest BCUT2D eigenvalue weighted by Gasteiger charge is -2.09. The van der Waals surface area contributed by atoms with Crippen LogP contribution in [0.2, 0.25) is 0 Å². The van der Waals surface area contributed by atoms with Gasteiger partial charge in [-0.3, -0.25) is 10.1 Å². The Bertz CT molecular complexity index is 930. The van der Waals surface area contributed by atoms with Crippen LogP contribution in [0, 0.1) is 10.1 Å². The molecule has 1 rings (SSSR count). The van der Waals surface area contributed by atoms with Gasteiger partial charge in [0.1, 0.15) is 12.4 Å². The Hall–Kier alpha value is -2.02. The van der Waals surface area contributed by atoms with Crippen LogP contribution >= 0.6 is 0 Å². The maximum absolute atomic E-state index is 10.7. The molecule has 0 heterocycles. The third-order valence-electron chi connectivity index (χ3n) is 8.16. The van der Waals surface area contributed by atoms with E-state index >= 15 is 0 Å². The van der Waals surface area contributed by atoms with Gasteiger partial charge in [-0.15, -0.1) is 0 Å². The van der Waals surface area contributed by atoms with Crippen LogP contribution in [-0.2, 0) is 52.1 Å². The summed E-state index contributed by atoms with van der Waals surface area (Å²) in [6.45, 7) is 14.0. The van der Waals surface area contributed by atoms with E-state index in [4.69, 9.17) is 56.8 Å². The van der Waals surface area contributed by atoms with E-state index < -0.39 is 4.92 Å². The summed E-state index contributed by atoms with van der Waals surface area (Å²) in [4.78, 5) is 10.2. The molecule has 0 spiro atoms. The lowest BCUT2D eigenvalue weighted by atomic mass is 10.1. The SMILES string of the molecule is CCCCCCCCCCCCCOCCOCCOCCOCCOCCOCCOCCOCCOCCOCCOCCOc1ccc([N+](=O)[O-])cc1. The summed E-state index contributed by atoms with van der Waals surface area (Å²) in [5, 5.41) is 10.7. The molecule has 0 atom stereocenters. The van der Waals surface area contributed by atoms with Crippen LogP contribution in [-0.4, -0.2) is 157 Å². The van der Waals surface area contributed by atoms with Crippen molar-refractivity contribution >= 4 is 5.69 Å². The molecule has 0 aliphatic carbocycles. The minimum atomic E-state index is -0.449. The smallest absolute Gasteiger partial charge is 0.269 e. The maximum Gasteiger partial charge on any atom is 0.269 e. The first-order valence-corrected chi connectivity index (χ1v) is 21.0. The highest BCUT2D eigenvalue weighted by molar-refractivity contribution is 5.35. The Balaban J connectivity index is 1.62. The molecule has 0 amide bonds. The number of non-ortho nitro benzene ring substituents is 1. The van der Waals surface area contributed by atoms with Crippen molar-refractivity contribution in [3.8, 4) is 5.75 Å². The number of nitro benzene ring substituents is 1. The van der Waals surface area contributed by atoms with Gasteiger partial charge in [0, 0.05) is 18.7 Å². The van der Waals surface area contributed by atoms with E-state index in [0.29, 0.717) is 151 Å². The van der Waals surface area contributed by atoms with Gasteiger partial charge in [-0.25, -0.2) is 0 Å². The summed E-state index contributed by atoms with van der Waals surface area (Å²) in [5.41, 5.74) is 0.0269. The second-order valence-corrected chi connectivity index (χ2v) is 12.9. The van der Waals surface area contributed by atoms with Crippen LogP contribution in [0.15, 0.2) is 24.3 Å². The van der Waals surface area contributed by atoms with Gasteiger partial charge in [0.25, 0.3) is 5.69 Å². The van der Waals surface area contributed by atoms with Gasteiger partial charge in [-0.2, -0.15) is 0 Å². The summed E-state index contributed by atoms with van der Waals surface area (Å²) >= 11 is 0. The van der Waals surface area contributed by atoms with E-state index in [1.165, 1.54) is 76.3 Å². The molecule has 0 saturated carbocycles. The number of rotatable bonds is 47. The first-order valence-electron chi connectivity index (χ1n) is 21.0. The topological polar surface area (TPSA) is 154 Å². The molecule has 0 aliphatic rings. The Labute approximate surface area is 336 Å². The number of ether oxygens (including phenoxy) is 12. The average molecular weight is 806 g/mol. The largest absolute Gasteiger partial charge is 0.491 e. The molecule has 0 N–H and O–H groups in total. The van der Waals surface area contributed by atoms with E-state index in [1.54, 1.807) is 12.1 Å². The molecule has 56 heavy (non-hydrogen) atoms. The van der Waals surface area contributed by atoms with Crippen molar-refractivity contribution in [1.29, 1.82) is 0 Å². The zero-order chi connectivity index (χ0) is 40.1. The molecule has 0 aromatic heterocycles. The van der Waals surface area contributed by atoms with Crippen LogP contribution in [0.1, 0.15) is 77.6 Å². The van der Waals surface area contributed by atoms with Crippen LogP contribution in [0.4, 0.5) is 5.69 Å². The standard InChI is InChI=1S/C41H75NO14/c1-2-3-4-5-6-7-8-9-10-11-12-17-45-18-19-46-20-21-47-22-23-48-24-25-49-26-27-50-28-29-51-30-31-52-32-33-53-34-35-54-36-37-55-38-39-56-41-15-13-40(14-16-41)42(43)44/h13-16H,2-12,17-39H2,1H3. The number of unbranched alkanes of at least 4 members (excludes halogenated alkanes) is 10. The molecule has 1 aromatic carbocycles. The quantitative estimate of drug-likeness (QED) is 0.0402. The van der Waals surface area contributed by atoms with Crippen LogP contribution in [0.5, 0.6) is 5.75 Å². The molecule has 1 aromatic rings. The number of benzene rings is 1. The third-order valence-corrected chi connectivity index (χ3v) is 8.16. The van der Waals surface area contributed by atoms with Crippen LogP contribution in [0.25, 0.3) is 0 Å². The van der Waals surface area contributed by atoms with Crippen molar-refractivity contribution in [2.45, 2.75) is 77.6 Å². The second-order valence-electron chi connectivity index (χ2n) is 12.9. The van der Waals surface area contributed by atoms with E-state index in [2.05, 4.69) is 6.92 Å². The maximum atomic E-state index is 10.7. The van der Waals surface area contributed by atoms with Crippen molar-refractivity contribution in [2.24, 2.45) is 0 Å². The molecule has 0 unspecified atom stereocenters. The summed E-state index contributed by atoms with van der Waals surface area (Å²) in [6, 6.07) is 5.92. The third kappa shape index (κ3) is 38.8. The van der Waals surface area contributed by atoms with Crippen molar-refractivity contribution in [2.75, 3.05) is 152 Å². The summed E-state index contributed by atoms with van der Waals surface area (Å²) in [7, 11) is 0. The van der Waals surface area contributed by atoms with Gasteiger partial charge in [0.2, 0.25) is 0 Å². The number of hydrogen-bond acceptors (Lipinski definition) is 14. The van der Waals surface area contributed by atoms with Crippen molar-refractivity contribution in [1.82, 2.24) is 0 Å². The fourth-order valence-electron chi connectivity index (χ4n) is 5.05. The summed E-state index contributed by atoms with van der Waals surface area (Å²) in [6.07, 6.45) is 14.8. The van der Waals surface area contributed by atoms with E-state index in [0.717, 1.165) is 13.0 Å². The molecule has 0 aliphatic heterocycles. The van der Waals surface area contributed by atoms with Gasteiger partial charge in [-0.05, 0) is 18.6 Å². The fourth-order valence-corrected chi connectivity index (χ4v) is 5.05. The molecule has 0 saturated heterocycles. The van der Waals surface area contributed by atoms with Crippen molar-refractivity contribution in [3.63, 3.8) is 0 Å². The van der Waals surface area contributed by atoms with Crippen LogP contribution in [0.3, 0.4) is 0 Å². The van der Waals surface area contributed by atoms with Crippen molar-refractivity contribution < 1.29 is 61.8 Å². The highest BCUT2D eigenvalue weighted by atomic mass is 16.6. The zero-order valence-corrected chi connectivity index (χ0v) is 34.5. The summed E-state index contributed by atoms with van der Waals surface area (Å²) < 4.78 is 66.1. The predicted molar refractivity (Wildman–Crippen MR) is 214 cm³/mol. The molecule has 0 bridgehead atoms. The van der Waals surface area contributed by atoms with E-state index in [-0.39, 0.29) is 5.69 Å². The first-order chi connectivity index (χ1) is 27.7. The number of nitrogens with zero attached hydrogens (tertiary/aromatic N) is 1. The highest BCUT2D eigenvalue weighted by Crippen LogP contribution is 2.17. The molecule has 15 nitrogen and oxygen atoms in total. The van der Waals surface area contributed by atoms with E-state index in [1.807, 2.05) is 0 Å². The van der Waals surface area contributed by atoms with Gasteiger partial charge in [-0.1, -0.05) is 71.1 Å². The number of nitro groups is 1. The molecule has 0 fully saturated rings. The van der Waals surface area contributed by atoms with Crippen LogP contribution < -0.4 is 4.74 Å². The Morgan fingerprint density at radius 2 is 0.607 bits per heavy atom. The predicted octanol–water partition coefficient (Wildman–Crippen LogP) is 6.47. The zero-order valence-electron chi connectivity index (χ0n) is 34.5. The monoisotopic (exact) mass is 806 g/mol. The second kappa shape index (κ2) is 44.1. The number of hydrogen-bond donors (Lipinski definition) is 0. The van der Waals surface area contributed by atoms with Gasteiger partial charge in [0.15, 0.2) is 0 Å². The Morgan fingerprint density at radius 1 is 0.357 bits per heavy atom. The van der Waals surface area contributed by atoms with Crippen molar-refractivity contribution in [3.05, 3.63) is 34.4 Å². The Kier molecular flexibility index (Phi) is 40.9. The highest BCUT2D eigenvalue weighted by Gasteiger charge is 2.04.